The third-order valence-corrected chi connectivity index (χ3v) is 6.76. The monoisotopic (exact) mass is 481 g/mol. The van der Waals surface area contributed by atoms with E-state index in [9.17, 15) is 23.5 Å². The van der Waals surface area contributed by atoms with Crippen molar-refractivity contribution in [3.05, 3.63) is 92.4 Å². The lowest BCUT2D eigenvalue weighted by molar-refractivity contribution is 0.0569. The Bertz CT molecular complexity index is 1280. The second-order valence-electron chi connectivity index (χ2n) is 8.86. The highest BCUT2D eigenvalue weighted by atomic mass is 19.1. The zero-order valence-electron chi connectivity index (χ0n) is 20.3. The molecule has 1 aliphatic heterocycles. The standard InChI is InChI=1S/C25H23F2N3O3.C2H6/c1-13(2)29-12-20(30-23(25(29)33)24(32)21(31)11-28-30)22-16-5-3-7-18(26)14(16)9-10-15-17(22)6-4-8-19(15)27;1-2/h3-8,11,13,20,22,32H,9-10,12H2,1-2H3;1-2H3. The fourth-order valence-electron chi connectivity index (χ4n) is 5.19. The minimum Gasteiger partial charge on any atom is -0.502 e. The average Bonchev–Trinajstić information content (AvgIpc) is 3.01. The normalized spacial score (nSPS) is 17.2. The van der Waals surface area contributed by atoms with Gasteiger partial charge in [-0.05, 0) is 61.1 Å². The van der Waals surface area contributed by atoms with E-state index in [0.717, 1.165) is 6.20 Å². The number of hydrogen-bond acceptors (Lipinski definition) is 4. The first-order chi connectivity index (χ1) is 16.8. The van der Waals surface area contributed by atoms with Gasteiger partial charge in [-0.3, -0.25) is 14.3 Å². The summed E-state index contributed by atoms with van der Waals surface area (Å²) in [4.78, 5) is 26.9. The van der Waals surface area contributed by atoms with Crippen molar-refractivity contribution in [1.82, 2.24) is 14.7 Å². The number of halogens is 2. The van der Waals surface area contributed by atoms with E-state index in [1.54, 1.807) is 17.0 Å². The van der Waals surface area contributed by atoms with Crippen molar-refractivity contribution in [2.24, 2.45) is 0 Å². The van der Waals surface area contributed by atoms with Crippen LogP contribution in [0.4, 0.5) is 8.78 Å². The van der Waals surface area contributed by atoms with Gasteiger partial charge in [-0.1, -0.05) is 38.1 Å². The van der Waals surface area contributed by atoms with Gasteiger partial charge in [0.15, 0.2) is 11.4 Å². The van der Waals surface area contributed by atoms with Gasteiger partial charge < -0.3 is 10.0 Å². The van der Waals surface area contributed by atoms with Gasteiger partial charge in [-0.15, -0.1) is 0 Å². The van der Waals surface area contributed by atoms with Crippen molar-refractivity contribution in [1.29, 1.82) is 0 Å². The van der Waals surface area contributed by atoms with Gasteiger partial charge in [-0.2, -0.15) is 5.10 Å². The van der Waals surface area contributed by atoms with E-state index in [4.69, 9.17) is 0 Å². The minimum absolute atomic E-state index is 0.201. The number of amides is 1. The van der Waals surface area contributed by atoms with Crippen LogP contribution >= 0.6 is 0 Å². The van der Waals surface area contributed by atoms with Gasteiger partial charge in [0, 0.05) is 18.5 Å². The highest BCUT2D eigenvalue weighted by Crippen LogP contribution is 2.45. The molecule has 8 heteroatoms. The molecule has 1 amide bonds. The van der Waals surface area contributed by atoms with Crippen LogP contribution in [-0.2, 0) is 12.8 Å². The summed E-state index contributed by atoms with van der Waals surface area (Å²) in [5.41, 5.74) is 1.42. The van der Waals surface area contributed by atoms with Crippen LogP contribution < -0.4 is 5.43 Å². The van der Waals surface area contributed by atoms with E-state index in [2.05, 4.69) is 5.10 Å². The second kappa shape index (κ2) is 9.60. The lowest BCUT2D eigenvalue weighted by Gasteiger charge is -2.41. The molecule has 0 radical (unpaired) electrons. The molecule has 0 fully saturated rings. The summed E-state index contributed by atoms with van der Waals surface area (Å²) in [6, 6.07) is 8.85. The van der Waals surface area contributed by atoms with E-state index < -0.39 is 29.0 Å². The molecule has 1 N–H and O–H groups in total. The Morgan fingerprint density at radius 2 is 1.51 bits per heavy atom. The van der Waals surface area contributed by atoms with Gasteiger partial charge in [0.2, 0.25) is 5.43 Å². The summed E-state index contributed by atoms with van der Waals surface area (Å²) in [5, 5.41) is 14.7. The zero-order chi connectivity index (χ0) is 25.4. The van der Waals surface area contributed by atoms with Crippen LogP contribution in [0.3, 0.4) is 0 Å². The average molecular weight is 482 g/mol. The molecule has 2 aromatic carbocycles. The number of hydrogen-bond donors (Lipinski definition) is 1. The maximum atomic E-state index is 14.9. The van der Waals surface area contributed by atoms with Gasteiger partial charge in [0.1, 0.15) is 11.6 Å². The summed E-state index contributed by atoms with van der Waals surface area (Å²) in [6.45, 7) is 7.88. The number of nitrogens with zero attached hydrogens (tertiary/aromatic N) is 3. The molecule has 0 saturated carbocycles. The number of rotatable bonds is 2. The van der Waals surface area contributed by atoms with E-state index in [-0.39, 0.29) is 29.9 Å². The maximum absolute atomic E-state index is 14.9. The van der Waals surface area contributed by atoms with Gasteiger partial charge in [0.25, 0.3) is 5.91 Å². The van der Waals surface area contributed by atoms with Crippen LogP contribution in [0.5, 0.6) is 5.75 Å². The van der Waals surface area contributed by atoms with Crippen LogP contribution in [0.1, 0.15) is 72.4 Å². The first-order valence-electron chi connectivity index (χ1n) is 12.0. The minimum atomic E-state index is -0.752. The maximum Gasteiger partial charge on any atom is 0.276 e. The molecule has 35 heavy (non-hydrogen) atoms. The number of benzene rings is 2. The topological polar surface area (TPSA) is 75.4 Å². The summed E-state index contributed by atoms with van der Waals surface area (Å²) in [7, 11) is 0. The van der Waals surface area contributed by atoms with Crippen molar-refractivity contribution in [3.63, 3.8) is 0 Å². The second-order valence-corrected chi connectivity index (χ2v) is 8.86. The van der Waals surface area contributed by atoms with E-state index in [0.29, 0.717) is 35.1 Å². The predicted molar refractivity (Wildman–Crippen MR) is 129 cm³/mol. The Hall–Kier alpha value is -3.55. The number of aromatic nitrogens is 2. The fourth-order valence-corrected chi connectivity index (χ4v) is 5.19. The van der Waals surface area contributed by atoms with Crippen molar-refractivity contribution in [2.75, 3.05) is 6.54 Å². The van der Waals surface area contributed by atoms with Crippen LogP contribution in [0.15, 0.2) is 47.4 Å². The smallest absolute Gasteiger partial charge is 0.276 e. The zero-order valence-corrected chi connectivity index (χ0v) is 20.3. The number of carbonyl (C=O) groups excluding carboxylic acids is 1. The summed E-state index contributed by atoms with van der Waals surface area (Å²) in [6.07, 6.45) is 1.64. The van der Waals surface area contributed by atoms with E-state index in [1.807, 2.05) is 39.8 Å². The lowest BCUT2D eigenvalue weighted by atomic mass is 9.81. The lowest BCUT2D eigenvalue weighted by Crippen LogP contribution is -2.49. The highest BCUT2D eigenvalue weighted by molar-refractivity contribution is 5.96. The quantitative estimate of drug-likeness (QED) is 0.581. The Labute approximate surface area is 202 Å². The van der Waals surface area contributed by atoms with Crippen molar-refractivity contribution < 1.29 is 18.7 Å². The molecule has 0 bridgehead atoms. The number of fused-ring (bicyclic) bond motifs is 3. The third kappa shape index (κ3) is 4.00. The van der Waals surface area contributed by atoms with Gasteiger partial charge >= 0.3 is 0 Å². The third-order valence-electron chi connectivity index (χ3n) is 6.76. The largest absolute Gasteiger partial charge is 0.502 e. The molecule has 184 valence electrons. The molecule has 3 aromatic rings. The van der Waals surface area contributed by atoms with Crippen molar-refractivity contribution >= 4 is 5.91 Å². The van der Waals surface area contributed by atoms with Crippen LogP contribution in [0, 0.1) is 11.6 Å². The Morgan fingerprint density at radius 1 is 0.971 bits per heavy atom. The number of carbonyl (C=O) groups is 1. The highest BCUT2D eigenvalue weighted by Gasteiger charge is 2.42. The molecule has 1 aliphatic carbocycles. The van der Waals surface area contributed by atoms with Crippen LogP contribution in [0.25, 0.3) is 0 Å². The summed E-state index contributed by atoms with van der Waals surface area (Å²) >= 11 is 0. The van der Waals surface area contributed by atoms with Crippen LogP contribution in [-0.4, -0.2) is 38.3 Å². The van der Waals surface area contributed by atoms with Crippen LogP contribution in [0.2, 0.25) is 0 Å². The van der Waals surface area contributed by atoms with Gasteiger partial charge in [-0.25, -0.2) is 8.78 Å². The molecule has 1 atom stereocenters. The Balaban J connectivity index is 0.00000141. The molecule has 1 unspecified atom stereocenters. The van der Waals surface area contributed by atoms with Crippen molar-refractivity contribution in [3.8, 4) is 5.75 Å². The molecule has 0 saturated heterocycles. The van der Waals surface area contributed by atoms with Gasteiger partial charge in [0.05, 0.1) is 12.2 Å². The molecular weight excluding hydrogens is 452 g/mol. The molecule has 5 rings (SSSR count). The summed E-state index contributed by atoms with van der Waals surface area (Å²) < 4.78 is 31.2. The van der Waals surface area contributed by atoms with E-state index >= 15 is 0 Å². The molecular formula is C27H29F2N3O3. The molecule has 6 nitrogen and oxygen atoms in total. The Morgan fingerprint density at radius 3 is 2.03 bits per heavy atom. The molecule has 0 spiro atoms. The fraction of sp³-hybridized carbons (Fsp3) is 0.370. The molecule has 2 aliphatic rings. The first-order valence-corrected chi connectivity index (χ1v) is 12.0. The van der Waals surface area contributed by atoms with E-state index in [1.165, 1.54) is 16.8 Å². The first kappa shape index (κ1) is 24.6. The van der Waals surface area contributed by atoms with Crippen molar-refractivity contribution in [2.45, 2.75) is 58.5 Å². The SMILES string of the molecule is CC.CC(C)N1CC(C2c3cccc(F)c3CCc3c(F)cccc32)n2ncc(=O)c(O)c2C1=O. The molecule has 2 heterocycles. The Kier molecular flexibility index (Phi) is 6.74. The predicted octanol–water partition coefficient (Wildman–Crippen LogP) is 4.59. The molecule has 1 aromatic heterocycles. The summed E-state index contributed by atoms with van der Waals surface area (Å²) in [5.74, 6) is -2.45. The number of aromatic hydroxyl groups is 1.